The van der Waals surface area contributed by atoms with Crippen molar-refractivity contribution < 1.29 is 17.9 Å². The van der Waals surface area contributed by atoms with Crippen LogP contribution in [0.3, 0.4) is 0 Å². The van der Waals surface area contributed by atoms with Crippen molar-refractivity contribution in [2.24, 2.45) is 0 Å². The van der Waals surface area contributed by atoms with Crippen LogP contribution in [0.5, 0.6) is 11.5 Å². The zero-order valence-electron chi connectivity index (χ0n) is 11.5. The lowest BCUT2D eigenvalue weighted by Gasteiger charge is -2.12. The van der Waals surface area contributed by atoms with Gasteiger partial charge in [-0.1, -0.05) is 6.07 Å². The van der Waals surface area contributed by atoms with Crippen LogP contribution in [0.2, 0.25) is 0 Å². The number of nitrogens with zero attached hydrogens (tertiary/aromatic N) is 1. The maximum Gasteiger partial charge on any atom is 0.416 e. The number of aryl methyl sites for hydroxylation is 2. The normalized spacial score (nSPS) is 11.0. The Balaban J connectivity index is 2.36. The lowest BCUT2D eigenvalue weighted by atomic mass is 10.1. The van der Waals surface area contributed by atoms with Gasteiger partial charge >= 0.3 is 6.18 Å². The molecular formula is C16H12F3NO. The fraction of sp³-hybridized carbons (Fsp3) is 0.188. The largest absolute Gasteiger partial charge is 0.456 e. The van der Waals surface area contributed by atoms with Crippen LogP contribution >= 0.6 is 0 Å². The highest BCUT2D eigenvalue weighted by atomic mass is 19.4. The Morgan fingerprint density at radius 1 is 1.00 bits per heavy atom. The highest BCUT2D eigenvalue weighted by Crippen LogP contribution is 2.34. The van der Waals surface area contributed by atoms with E-state index in [1.807, 2.05) is 19.9 Å². The summed E-state index contributed by atoms with van der Waals surface area (Å²) in [4.78, 5) is 0. The van der Waals surface area contributed by atoms with Gasteiger partial charge in [0.15, 0.2) is 0 Å². The van der Waals surface area contributed by atoms with Crippen LogP contribution in [0.4, 0.5) is 13.2 Å². The Morgan fingerprint density at radius 2 is 1.71 bits per heavy atom. The molecule has 0 atom stereocenters. The van der Waals surface area contributed by atoms with Crippen LogP contribution in [0.15, 0.2) is 36.4 Å². The lowest BCUT2D eigenvalue weighted by molar-refractivity contribution is -0.137. The molecule has 0 aliphatic heterocycles. The number of benzene rings is 2. The average Bonchev–Trinajstić information content (AvgIpc) is 2.42. The standard InChI is InChI=1S/C16H12F3NO/c1-10-3-5-14(7-11(10)2)21-15-6-4-13(16(17,18)19)8-12(15)9-20/h3-8H,1-2H3. The molecule has 108 valence electrons. The SMILES string of the molecule is Cc1ccc(Oc2ccc(C(F)(F)F)cc2C#N)cc1C. The van der Waals surface area contributed by atoms with Gasteiger partial charge in [0.2, 0.25) is 0 Å². The molecule has 0 saturated heterocycles. The van der Waals surface area contributed by atoms with E-state index in [0.29, 0.717) is 5.75 Å². The molecule has 21 heavy (non-hydrogen) atoms. The second-order valence-corrected chi connectivity index (χ2v) is 4.67. The summed E-state index contributed by atoms with van der Waals surface area (Å²) in [6, 6.07) is 9.91. The van der Waals surface area contributed by atoms with E-state index in [-0.39, 0.29) is 11.3 Å². The topological polar surface area (TPSA) is 33.0 Å². The second kappa shape index (κ2) is 5.49. The Morgan fingerprint density at radius 3 is 2.29 bits per heavy atom. The molecule has 0 aromatic heterocycles. The quantitative estimate of drug-likeness (QED) is 0.781. The van der Waals surface area contributed by atoms with Gasteiger partial charge in [-0.2, -0.15) is 18.4 Å². The molecule has 0 amide bonds. The molecule has 0 aliphatic rings. The first kappa shape index (κ1) is 14.9. The van der Waals surface area contributed by atoms with Gasteiger partial charge in [-0.3, -0.25) is 0 Å². The van der Waals surface area contributed by atoms with E-state index in [1.54, 1.807) is 18.2 Å². The number of hydrogen-bond donors (Lipinski definition) is 0. The number of halogens is 3. The molecule has 0 bridgehead atoms. The molecular weight excluding hydrogens is 279 g/mol. The van der Waals surface area contributed by atoms with Gasteiger partial charge in [0, 0.05) is 0 Å². The highest BCUT2D eigenvalue weighted by molar-refractivity contribution is 5.48. The predicted octanol–water partition coefficient (Wildman–Crippen LogP) is 4.99. The summed E-state index contributed by atoms with van der Waals surface area (Å²) < 4.78 is 43.3. The number of alkyl halides is 3. The maximum absolute atomic E-state index is 12.6. The summed E-state index contributed by atoms with van der Waals surface area (Å²) in [6.07, 6.45) is -4.48. The van der Waals surface area contributed by atoms with Crippen molar-refractivity contribution >= 4 is 0 Å². The summed E-state index contributed by atoms with van der Waals surface area (Å²) in [5.74, 6) is 0.586. The predicted molar refractivity (Wildman–Crippen MR) is 72.1 cm³/mol. The third-order valence-corrected chi connectivity index (χ3v) is 3.13. The van der Waals surface area contributed by atoms with E-state index in [2.05, 4.69) is 0 Å². The first-order valence-electron chi connectivity index (χ1n) is 6.17. The van der Waals surface area contributed by atoms with E-state index in [4.69, 9.17) is 10.00 Å². The summed E-state index contributed by atoms with van der Waals surface area (Å²) in [6.45, 7) is 3.85. The van der Waals surface area contributed by atoms with Gasteiger partial charge in [0.05, 0.1) is 11.1 Å². The van der Waals surface area contributed by atoms with E-state index in [9.17, 15) is 13.2 Å². The van der Waals surface area contributed by atoms with E-state index < -0.39 is 11.7 Å². The molecule has 0 saturated carbocycles. The zero-order chi connectivity index (χ0) is 15.6. The van der Waals surface area contributed by atoms with Crippen LogP contribution in [-0.4, -0.2) is 0 Å². The average molecular weight is 291 g/mol. The fourth-order valence-corrected chi connectivity index (χ4v) is 1.79. The van der Waals surface area contributed by atoms with E-state index in [1.165, 1.54) is 0 Å². The summed E-state index contributed by atoms with van der Waals surface area (Å²) >= 11 is 0. The molecule has 2 aromatic rings. The third kappa shape index (κ3) is 3.34. The lowest BCUT2D eigenvalue weighted by Crippen LogP contribution is -2.05. The Hall–Kier alpha value is -2.48. The van der Waals surface area contributed by atoms with Gasteiger partial charge in [-0.15, -0.1) is 0 Å². The minimum absolute atomic E-state index is 0.105. The van der Waals surface area contributed by atoms with Gasteiger partial charge in [0.1, 0.15) is 17.6 Å². The molecule has 0 unspecified atom stereocenters. The van der Waals surface area contributed by atoms with Gasteiger partial charge in [0.25, 0.3) is 0 Å². The van der Waals surface area contributed by atoms with E-state index >= 15 is 0 Å². The first-order chi connectivity index (χ1) is 9.81. The third-order valence-electron chi connectivity index (χ3n) is 3.13. The van der Waals surface area contributed by atoms with Crippen molar-refractivity contribution in [3.63, 3.8) is 0 Å². The molecule has 0 spiro atoms. The fourth-order valence-electron chi connectivity index (χ4n) is 1.79. The van der Waals surface area contributed by atoms with Crippen molar-refractivity contribution in [1.82, 2.24) is 0 Å². The van der Waals surface area contributed by atoms with Crippen LogP contribution in [0, 0.1) is 25.2 Å². The molecule has 2 nitrogen and oxygen atoms in total. The minimum Gasteiger partial charge on any atom is -0.456 e. The second-order valence-electron chi connectivity index (χ2n) is 4.67. The summed E-state index contributed by atoms with van der Waals surface area (Å²) in [5.41, 5.74) is 1.06. The molecule has 0 heterocycles. The molecule has 0 radical (unpaired) electrons. The maximum atomic E-state index is 12.6. The van der Waals surface area contributed by atoms with Crippen molar-refractivity contribution in [3.8, 4) is 17.6 Å². The zero-order valence-corrected chi connectivity index (χ0v) is 11.5. The first-order valence-corrected chi connectivity index (χ1v) is 6.17. The van der Waals surface area contributed by atoms with Crippen LogP contribution in [0.25, 0.3) is 0 Å². The van der Waals surface area contributed by atoms with Gasteiger partial charge in [-0.25, -0.2) is 0 Å². The monoisotopic (exact) mass is 291 g/mol. The molecule has 2 aromatic carbocycles. The number of ether oxygens (including phenoxy) is 1. The van der Waals surface area contributed by atoms with Crippen molar-refractivity contribution in [2.75, 3.05) is 0 Å². The molecule has 5 heteroatoms. The summed E-state index contributed by atoms with van der Waals surface area (Å²) in [7, 11) is 0. The Labute approximate surface area is 120 Å². The van der Waals surface area contributed by atoms with Crippen molar-refractivity contribution in [3.05, 3.63) is 58.7 Å². The van der Waals surface area contributed by atoms with E-state index in [0.717, 1.165) is 29.3 Å². The van der Waals surface area contributed by atoms with Crippen LogP contribution in [-0.2, 0) is 6.18 Å². The molecule has 0 N–H and O–H groups in total. The Bertz CT molecular complexity index is 714. The molecule has 0 fully saturated rings. The Kier molecular flexibility index (Phi) is 3.90. The van der Waals surface area contributed by atoms with Crippen molar-refractivity contribution in [1.29, 1.82) is 5.26 Å². The molecule has 2 rings (SSSR count). The number of hydrogen-bond acceptors (Lipinski definition) is 2. The minimum atomic E-state index is -4.48. The smallest absolute Gasteiger partial charge is 0.416 e. The highest BCUT2D eigenvalue weighted by Gasteiger charge is 2.31. The van der Waals surface area contributed by atoms with Gasteiger partial charge in [-0.05, 0) is 55.3 Å². The number of rotatable bonds is 2. The molecule has 0 aliphatic carbocycles. The van der Waals surface area contributed by atoms with Gasteiger partial charge < -0.3 is 4.74 Å². The number of nitriles is 1. The van der Waals surface area contributed by atoms with Crippen LogP contribution in [0.1, 0.15) is 22.3 Å². The van der Waals surface area contributed by atoms with Crippen molar-refractivity contribution in [2.45, 2.75) is 20.0 Å². The summed E-state index contributed by atoms with van der Waals surface area (Å²) in [5, 5.41) is 8.99. The van der Waals surface area contributed by atoms with Crippen LogP contribution < -0.4 is 4.74 Å².